The molecule has 0 saturated carbocycles. The van der Waals surface area contributed by atoms with Crippen molar-refractivity contribution in [3.63, 3.8) is 0 Å². The molecule has 0 aliphatic carbocycles. The van der Waals surface area contributed by atoms with E-state index < -0.39 is 0 Å². The zero-order chi connectivity index (χ0) is 17.5. The third-order valence-electron chi connectivity index (χ3n) is 4.66. The van der Waals surface area contributed by atoms with Gasteiger partial charge >= 0.3 is 0 Å². The molecule has 2 N–H and O–H groups in total. The van der Waals surface area contributed by atoms with E-state index in [0.29, 0.717) is 25.8 Å². The number of piperidine rings is 1. The Morgan fingerprint density at radius 1 is 1.08 bits per heavy atom. The standard InChI is InChI=1S/C21H24N2O2/c24-20-12-11-19(15-22-20)23-21(25)14-18(17-9-5-2-6-10-17)13-16-7-3-1-4-8-16/h1-10,18-19H,11-15H2,(H,22,24)(H,23,25)/t18-,19-/m0/s1. The van der Waals surface area contributed by atoms with Gasteiger partial charge in [0.2, 0.25) is 11.8 Å². The van der Waals surface area contributed by atoms with E-state index in [0.717, 1.165) is 6.42 Å². The summed E-state index contributed by atoms with van der Waals surface area (Å²) in [4.78, 5) is 23.8. The Kier molecular flexibility index (Phi) is 5.83. The molecule has 130 valence electrons. The number of carbonyl (C=O) groups is 2. The third-order valence-corrected chi connectivity index (χ3v) is 4.66. The summed E-state index contributed by atoms with van der Waals surface area (Å²) in [5.74, 6) is 0.254. The van der Waals surface area contributed by atoms with Gasteiger partial charge < -0.3 is 10.6 Å². The molecule has 2 aromatic rings. The topological polar surface area (TPSA) is 58.2 Å². The molecule has 1 saturated heterocycles. The molecule has 0 aromatic heterocycles. The van der Waals surface area contributed by atoms with Crippen LogP contribution in [0.2, 0.25) is 0 Å². The van der Waals surface area contributed by atoms with Crippen LogP contribution in [0.1, 0.15) is 36.3 Å². The number of rotatable bonds is 6. The number of benzene rings is 2. The summed E-state index contributed by atoms with van der Waals surface area (Å²) in [7, 11) is 0. The molecule has 2 atom stereocenters. The van der Waals surface area contributed by atoms with Gasteiger partial charge in [0.1, 0.15) is 0 Å². The number of amides is 2. The van der Waals surface area contributed by atoms with E-state index in [-0.39, 0.29) is 23.8 Å². The first-order valence-corrected chi connectivity index (χ1v) is 8.85. The molecule has 1 aliphatic rings. The minimum absolute atomic E-state index is 0.0401. The van der Waals surface area contributed by atoms with Gasteiger partial charge in [0, 0.05) is 25.4 Å². The molecule has 0 spiro atoms. The second kappa shape index (κ2) is 8.47. The van der Waals surface area contributed by atoms with Gasteiger partial charge in [0.05, 0.1) is 0 Å². The first kappa shape index (κ1) is 17.2. The first-order chi connectivity index (χ1) is 12.2. The highest BCUT2D eigenvalue weighted by molar-refractivity contribution is 5.79. The molecule has 4 heteroatoms. The van der Waals surface area contributed by atoms with Gasteiger partial charge in [-0.05, 0) is 29.9 Å². The van der Waals surface area contributed by atoms with Crippen molar-refractivity contribution in [1.29, 1.82) is 0 Å². The van der Waals surface area contributed by atoms with E-state index in [1.165, 1.54) is 11.1 Å². The maximum atomic E-state index is 12.5. The van der Waals surface area contributed by atoms with Crippen LogP contribution < -0.4 is 10.6 Å². The van der Waals surface area contributed by atoms with Crippen molar-refractivity contribution in [2.75, 3.05) is 6.54 Å². The van der Waals surface area contributed by atoms with Crippen LogP contribution in [0.3, 0.4) is 0 Å². The van der Waals surface area contributed by atoms with Crippen molar-refractivity contribution >= 4 is 11.8 Å². The molecule has 3 rings (SSSR count). The highest BCUT2D eigenvalue weighted by Crippen LogP contribution is 2.24. The molecule has 1 fully saturated rings. The van der Waals surface area contributed by atoms with E-state index in [1.807, 2.05) is 36.4 Å². The lowest BCUT2D eigenvalue weighted by molar-refractivity contribution is -0.125. The first-order valence-electron chi connectivity index (χ1n) is 8.85. The summed E-state index contributed by atoms with van der Waals surface area (Å²) in [5, 5.41) is 5.88. The van der Waals surface area contributed by atoms with Gasteiger partial charge in [0.25, 0.3) is 0 Å². The number of nitrogens with one attached hydrogen (secondary N) is 2. The lowest BCUT2D eigenvalue weighted by atomic mass is 9.89. The van der Waals surface area contributed by atoms with Gasteiger partial charge in [-0.15, -0.1) is 0 Å². The molecule has 2 amide bonds. The molecule has 2 aromatic carbocycles. The fourth-order valence-electron chi connectivity index (χ4n) is 3.30. The van der Waals surface area contributed by atoms with Crippen LogP contribution in [0.25, 0.3) is 0 Å². The zero-order valence-electron chi connectivity index (χ0n) is 14.3. The lowest BCUT2D eigenvalue weighted by Gasteiger charge is -2.25. The van der Waals surface area contributed by atoms with Gasteiger partial charge in [0.15, 0.2) is 0 Å². The SMILES string of the molecule is O=C1CC[C@H](NC(=O)C[C@H](Cc2ccccc2)c2ccccc2)CN1. The van der Waals surface area contributed by atoms with Gasteiger partial charge in [-0.3, -0.25) is 9.59 Å². The summed E-state index contributed by atoms with van der Waals surface area (Å²) >= 11 is 0. The van der Waals surface area contributed by atoms with Crippen LogP contribution in [0.15, 0.2) is 60.7 Å². The number of hydrogen-bond donors (Lipinski definition) is 2. The van der Waals surface area contributed by atoms with Crippen LogP contribution in [-0.2, 0) is 16.0 Å². The molecule has 0 unspecified atom stereocenters. The molecule has 25 heavy (non-hydrogen) atoms. The van der Waals surface area contributed by atoms with Crippen molar-refractivity contribution < 1.29 is 9.59 Å². The quantitative estimate of drug-likeness (QED) is 0.852. The Morgan fingerprint density at radius 3 is 2.40 bits per heavy atom. The van der Waals surface area contributed by atoms with Crippen molar-refractivity contribution in [1.82, 2.24) is 10.6 Å². The van der Waals surface area contributed by atoms with Crippen LogP contribution in [0, 0.1) is 0 Å². The van der Waals surface area contributed by atoms with E-state index >= 15 is 0 Å². The summed E-state index contributed by atoms with van der Waals surface area (Å²) in [6, 6.07) is 20.5. The number of hydrogen-bond acceptors (Lipinski definition) is 2. The predicted molar refractivity (Wildman–Crippen MR) is 98.1 cm³/mol. The largest absolute Gasteiger partial charge is 0.354 e. The fourth-order valence-corrected chi connectivity index (χ4v) is 3.30. The van der Waals surface area contributed by atoms with Crippen LogP contribution in [0.4, 0.5) is 0 Å². The van der Waals surface area contributed by atoms with Crippen LogP contribution in [-0.4, -0.2) is 24.4 Å². The Labute approximate surface area is 148 Å². The van der Waals surface area contributed by atoms with Gasteiger partial charge in [-0.25, -0.2) is 0 Å². The summed E-state index contributed by atoms with van der Waals surface area (Å²) in [6.07, 6.45) is 2.48. The van der Waals surface area contributed by atoms with Crippen LogP contribution >= 0.6 is 0 Å². The smallest absolute Gasteiger partial charge is 0.220 e. The molecule has 1 aliphatic heterocycles. The summed E-state index contributed by atoms with van der Waals surface area (Å²) in [6.45, 7) is 0.527. The number of carbonyl (C=O) groups excluding carboxylic acids is 2. The monoisotopic (exact) mass is 336 g/mol. The minimum atomic E-state index is 0.0401. The van der Waals surface area contributed by atoms with E-state index in [4.69, 9.17) is 0 Å². The minimum Gasteiger partial charge on any atom is -0.354 e. The highest BCUT2D eigenvalue weighted by atomic mass is 16.2. The Hall–Kier alpha value is -2.62. The van der Waals surface area contributed by atoms with E-state index in [9.17, 15) is 9.59 Å². The van der Waals surface area contributed by atoms with Crippen molar-refractivity contribution in [2.45, 2.75) is 37.6 Å². The maximum Gasteiger partial charge on any atom is 0.220 e. The van der Waals surface area contributed by atoms with Crippen molar-refractivity contribution in [3.05, 3.63) is 71.8 Å². The Balaban J connectivity index is 1.65. The summed E-state index contributed by atoms with van der Waals surface area (Å²) in [5.41, 5.74) is 2.41. The van der Waals surface area contributed by atoms with Crippen molar-refractivity contribution in [3.8, 4) is 0 Å². The second-order valence-corrected chi connectivity index (χ2v) is 6.61. The molecule has 0 bridgehead atoms. The zero-order valence-corrected chi connectivity index (χ0v) is 14.3. The highest BCUT2D eigenvalue weighted by Gasteiger charge is 2.22. The third kappa shape index (κ3) is 5.18. The Morgan fingerprint density at radius 2 is 1.76 bits per heavy atom. The van der Waals surface area contributed by atoms with E-state index in [2.05, 4.69) is 34.9 Å². The molecular formula is C21H24N2O2. The second-order valence-electron chi connectivity index (χ2n) is 6.61. The van der Waals surface area contributed by atoms with Crippen molar-refractivity contribution in [2.24, 2.45) is 0 Å². The van der Waals surface area contributed by atoms with Gasteiger partial charge in [-0.1, -0.05) is 60.7 Å². The average Bonchev–Trinajstić information content (AvgIpc) is 2.65. The molecule has 4 nitrogen and oxygen atoms in total. The average molecular weight is 336 g/mol. The van der Waals surface area contributed by atoms with Crippen LogP contribution in [0.5, 0.6) is 0 Å². The lowest BCUT2D eigenvalue weighted by Crippen LogP contribution is -2.48. The molecule has 0 radical (unpaired) electrons. The maximum absolute atomic E-state index is 12.5. The molecule has 1 heterocycles. The summed E-state index contributed by atoms with van der Waals surface area (Å²) < 4.78 is 0. The van der Waals surface area contributed by atoms with Gasteiger partial charge in [-0.2, -0.15) is 0 Å². The molecular weight excluding hydrogens is 312 g/mol. The fraction of sp³-hybridized carbons (Fsp3) is 0.333. The predicted octanol–water partition coefficient (Wildman–Crippen LogP) is 2.80. The Bertz CT molecular complexity index is 690. The normalized spacial score (nSPS) is 18.2. The van der Waals surface area contributed by atoms with E-state index in [1.54, 1.807) is 0 Å².